The number of aliphatic hydroxyl groups excluding tert-OH is 2. The number of anilines is 1. The van der Waals surface area contributed by atoms with Crippen molar-refractivity contribution in [2.75, 3.05) is 24.6 Å². The Bertz CT molecular complexity index is 1160. The Morgan fingerprint density at radius 3 is 2.76 bits per heavy atom. The number of rotatable bonds is 6. The van der Waals surface area contributed by atoms with Gasteiger partial charge in [-0.05, 0) is 36.8 Å². The van der Waals surface area contributed by atoms with E-state index in [0.29, 0.717) is 23.2 Å². The second kappa shape index (κ2) is 9.96. The van der Waals surface area contributed by atoms with E-state index >= 15 is 0 Å². The molecule has 8 nitrogen and oxygen atoms in total. The van der Waals surface area contributed by atoms with Crippen LogP contribution in [-0.4, -0.2) is 59.1 Å². The minimum absolute atomic E-state index is 0.233. The van der Waals surface area contributed by atoms with Gasteiger partial charge in [0.05, 0.1) is 36.4 Å². The average molecular weight is 447 g/mol. The molecule has 0 spiro atoms. The number of carbonyl (C=O) groups is 1. The summed E-state index contributed by atoms with van der Waals surface area (Å²) in [6.45, 7) is 2.32. The topological polar surface area (TPSA) is 119 Å². The Kier molecular flexibility index (Phi) is 6.84. The molecular weight excluding hydrogens is 420 g/mol. The van der Waals surface area contributed by atoms with Crippen LogP contribution < -0.4 is 10.2 Å². The van der Waals surface area contributed by atoms with Gasteiger partial charge < -0.3 is 25.2 Å². The first-order valence-electron chi connectivity index (χ1n) is 10.8. The molecule has 1 saturated heterocycles. The molecule has 1 aliphatic heterocycles. The van der Waals surface area contributed by atoms with Crippen LogP contribution in [0.25, 0.3) is 10.9 Å². The van der Waals surface area contributed by atoms with Crippen molar-refractivity contribution in [1.29, 1.82) is 5.26 Å². The normalized spacial score (nSPS) is 20.1. The summed E-state index contributed by atoms with van der Waals surface area (Å²) in [6.07, 6.45) is -0.430. The van der Waals surface area contributed by atoms with Gasteiger partial charge in [-0.1, -0.05) is 30.3 Å². The van der Waals surface area contributed by atoms with Crippen molar-refractivity contribution in [3.8, 4) is 6.07 Å². The summed E-state index contributed by atoms with van der Waals surface area (Å²) in [7, 11) is 0. The van der Waals surface area contributed by atoms with Gasteiger partial charge in [-0.2, -0.15) is 5.26 Å². The number of pyridine rings is 1. The fraction of sp³-hybridized carbons (Fsp3) is 0.320. The van der Waals surface area contributed by atoms with Crippen LogP contribution in [0.1, 0.15) is 24.2 Å². The van der Waals surface area contributed by atoms with E-state index in [4.69, 9.17) is 4.74 Å². The Morgan fingerprint density at radius 2 is 2.03 bits per heavy atom. The van der Waals surface area contributed by atoms with Crippen LogP contribution in [0.3, 0.4) is 0 Å². The largest absolute Gasteiger partial charge is 0.394 e. The Hall–Kier alpha value is -3.51. The first-order chi connectivity index (χ1) is 16.0. The van der Waals surface area contributed by atoms with Crippen LogP contribution in [0, 0.1) is 11.3 Å². The standard InChI is InChI=1S/C25H26N4O4/c1-16-13-29(21-10-9-18(12-26)23-19(21)8-5-11-27-23)14-22(33-16)25(32)28-20(15-30)24(31)17-6-3-2-4-7-17/h2-11,16,20,22,24,30-31H,13-15H2,1H3,(H,28,32)/t16-,20?,22-,24-/m1/s1. The van der Waals surface area contributed by atoms with Gasteiger partial charge in [-0.15, -0.1) is 0 Å². The van der Waals surface area contributed by atoms with Gasteiger partial charge in [0.2, 0.25) is 0 Å². The molecule has 2 heterocycles. The predicted molar refractivity (Wildman–Crippen MR) is 123 cm³/mol. The third-order valence-corrected chi connectivity index (χ3v) is 5.81. The highest BCUT2D eigenvalue weighted by Gasteiger charge is 2.33. The van der Waals surface area contributed by atoms with Crippen molar-refractivity contribution < 1.29 is 19.7 Å². The molecule has 1 amide bonds. The monoisotopic (exact) mass is 446 g/mol. The number of nitrogens with zero attached hydrogens (tertiary/aromatic N) is 3. The SMILES string of the molecule is C[C@@H]1CN(c2ccc(C#N)c3ncccc23)C[C@H](C(=O)NC(CO)[C@H](O)c2ccccc2)O1. The molecule has 1 unspecified atom stereocenters. The van der Waals surface area contributed by atoms with E-state index in [1.165, 1.54) is 0 Å². The first kappa shape index (κ1) is 22.7. The third kappa shape index (κ3) is 4.81. The molecule has 1 fully saturated rings. The zero-order chi connectivity index (χ0) is 23.4. The highest BCUT2D eigenvalue weighted by molar-refractivity contribution is 5.95. The highest BCUT2D eigenvalue weighted by Crippen LogP contribution is 2.30. The number of ether oxygens (including phenoxy) is 1. The number of nitrogens with one attached hydrogen (secondary N) is 1. The number of aliphatic hydroxyl groups is 2. The van der Waals surface area contributed by atoms with E-state index in [0.717, 1.165) is 11.1 Å². The maximum atomic E-state index is 13.0. The second-order valence-corrected chi connectivity index (χ2v) is 8.14. The van der Waals surface area contributed by atoms with Crippen LogP contribution in [0.15, 0.2) is 60.8 Å². The Labute approximate surface area is 192 Å². The predicted octanol–water partition coefficient (Wildman–Crippen LogP) is 1.91. The summed E-state index contributed by atoms with van der Waals surface area (Å²) < 4.78 is 5.90. The first-order valence-corrected chi connectivity index (χ1v) is 10.8. The molecule has 0 aliphatic carbocycles. The van der Waals surface area contributed by atoms with E-state index < -0.39 is 30.8 Å². The number of amides is 1. The lowest BCUT2D eigenvalue weighted by atomic mass is 10.0. The minimum atomic E-state index is -1.05. The summed E-state index contributed by atoms with van der Waals surface area (Å²) >= 11 is 0. The van der Waals surface area contributed by atoms with Gasteiger partial charge in [-0.3, -0.25) is 9.78 Å². The molecule has 2 aromatic carbocycles. The Morgan fingerprint density at radius 1 is 1.24 bits per heavy atom. The van der Waals surface area contributed by atoms with Gasteiger partial charge in [0.25, 0.3) is 5.91 Å². The van der Waals surface area contributed by atoms with E-state index in [2.05, 4.69) is 16.4 Å². The van der Waals surface area contributed by atoms with Crippen LogP contribution in [-0.2, 0) is 9.53 Å². The molecule has 4 rings (SSSR count). The molecule has 3 N–H and O–H groups in total. The number of carbonyl (C=O) groups excluding carboxylic acids is 1. The average Bonchev–Trinajstić information content (AvgIpc) is 2.86. The smallest absolute Gasteiger partial charge is 0.251 e. The van der Waals surface area contributed by atoms with Gasteiger partial charge in [0, 0.05) is 23.8 Å². The maximum absolute atomic E-state index is 13.0. The van der Waals surface area contributed by atoms with Crippen molar-refractivity contribution in [2.45, 2.75) is 31.3 Å². The molecule has 33 heavy (non-hydrogen) atoms. The molecule has 0 radical (unpaired) electrons. The number of fused-ring (bicyclic) bond motifs is 1. The van der Waals surface area contributed by atoms with Crippen LogP contribution in [0.5, 0.6) is 0 Å². The van der Waals surface area contributed by atoms with Crippen molar-refractivity contribution >= 4 is 22.5 Å². The number of aromatic nitrogens is 1. The molecule has 1 aromatic heterocycles. The van der Waals surface area contributed by atoms with Gasteiger partial charge in [-0.25, -0.2) is 0 Å². The maximum Gasteiger partial charge on any atom is 0.251 e. The molecule has 170 valence electrons. The van der Waals surface area contributed by atoms with Crippen molar-refractivity contribution in [1.82, 2.24) is 10.3 Å². The third-order valence-electron chi connectivity index (χ3n) is 5.81. The summed E-state index contributed by atoms with van der Waals surface area (Å²) in [5.74, 6) is -0.406. The Balaban J connectivity index is 1.54. The van der Waals surface area contributed by atoms with Crippen molar-refractivity contribution in [3.05, 3.63) is 71.9 Å². The fourth-order valence-corrected chi connectivity index (χ4v) is 4.20. The van der Waals surface area contributed by atoms with Gasteiger partial charge in [0.1, 0.15) is 12.2 Å². The minimum Gasteiger partial charge on any atom is -0.394 e. The lowest BCUT2D eigenvalue weighted by Gasteiger charge is -2.38. The van der Waals surface area contributed by atoms with Crippen molar-refractivity contribution in [2.24, 2.45) is 0 Å². The molecule has 0 saturated carbocycles. The highest BCUT2D eigenvalue weighted by atomic mass is 16.5. The number of benzene rings is 2. The van der Waals surface area contributed by atoms with Crippen LogP contribution in [0.2, 0.25) is 0 Å². The number of nitriles is 1. The van der Waals surface area contributed by atoms with Gasteiger partial charge in [0.15, 0.2) is 6.10 Å². The van der Waals surface area contributed by atoms with Crippen LogP contribution in [0.4, 0.5) is 5.69 Å². The second-order valence-electron chi connectivity index (χ2n) is 8.14. The summed E-state index contributed by atoms with van der Waals surface area (Å²) in [4.78, 5) is 19.5. The lowest BCUT2D eigenvalue weighted by molar-refractivity contribution is -0.139. The van der Waals surface area contributed by atoms with E-state index in [1.54, 1.807) is 36.5 Å². The van der Waals surface area contributed by atoms with Gasteiger partial charge >= 0.3 is 0 Å². The van der Waals surface area contributed by atoms with E-state index in [9.17, 15) is 20.3 Å². The molecule has 1 aliphatic rings. The zero-order valence-electron chi connectivity index (χ0n) is 18.3. The summed E-state index contributed by atoms with van der Waals surface area (Å²) in [5.41, 5.74) is 2.58. The molecular formula is C25H26N4O4. The van der Waals surface area contributed by atoms with E-state index in [-0.39, 0.29) is 12.6 Å². The lowest BCUT2D eigenvalue weighted by Crippen LogP contribution is -2.55. The molecule has 4 atom stereocenters. The molecule has 3 aromatic rings. The summed E-state index contributed by atoms with van der Waals surface area (Å²) in [5, 5.41) is 33.4. The van der Waals surface area contributed by atoms with Crippen LogP contribution >= 0.6 is 0 Å². The van der Waals surface area contributed by atoms with E-state index in [1.807, 2.05) is 36.1 Å². The van der Waals surface area contributed by atoms with Crippen molar-refractivity contribution in [3.63, 3.8) is 0 Å². The zero-order valence-corrected chi connectivity index (χ0v) is 18.3. The number of hydrogen-bond acceptors (Lipinski definition) is 7. The quantitative estimate of drug-likeness (QED) is 0.529. The fourth-order valence-electron chi connectivity index (χ4n) is 4.20. The molecule has 0 bridgehead atoms. The number of morpholine rings is 1. The molecule has 8 heteroatoms. The summed E-state index contributed by atoms with van der Waals surface area (Å²) in [6, 6.07) is 17.5. The number of hydrogen-bond donors (Lipinski definition) is 3.